The molecule has 1 aliphatic heterocycles. The zero-order valence-corrected chi connectivity index (χ0v) is 9.67. The summed E-state index contributed by atoms with van der Waals surface area (Å²) < 4.78 is 5.33. The van der Waals surface area contributed by atoms with Crippen LogP contribution in [0.3, 0.4) is 0 Å². The first-order chi connectivity index (χ1) is 8.22. The number of hydrogen-bond acceptors (Lipinski definition) is 5. The number of carboxylic acids is 1. The van der Waals surface area contributed by atoms with E-state index in [-0.39, 0.29) is 11.7 Å². The summed E-state index contributed by atoms with van der Waals surface area (Å²) in [5.74, 6) is -0.574. The number of aromatic carboxylic acids is 1. The van der Waals surface area contributed by atoms with Crippen molar-refractivity contribution in [3.05, 3.63) is 18.0 Å². The molecule has 1 aromatic rings. The summed E-state index contributed by atoms with van der Waals surface area (Å²) in [6, 6.07) is 1.63. The van der Waals surface area contributed by atoms with Crippen LogP contribution < -0.4 is 4.90 Å². The van der Waals surface area contributed by atoms with E-state index in [1.807, 2.05) is 11.8 Å². The van der Waals surface area contributed by atoms with E-state index in [4.69, 9.17) is 9.84 Å². The first kappa shape index (κ1) is 11.8. The summed E-state index contributed by atoms with van der Waals surface area (Å²) in [4.78, 5) is 21.0. The number of carboxylic acid groups (broad SMARTS) is 1. The number of ether oxygens (including phenoxy) is 1. The molecule has 0 aliphatic carbocycles. The van der Waals surface area contributed by atoms with E-state index in [0.29, 0.717) is 12.6 Å². The second-order valence-electron chi connectivity index (χ2n) is 3.85. The molecule has 1 fully saturated rings. The lowest BCUT2D eigenvalue weighted by atomic mass is 10.2. The van der Waals surface area contributed by atoms with Crippen LogP contribution in [-0.4, -0.2) is 46.8 Å². The second-order valence-corrected chi connectivity index (χ2v) is 3.85. The molecular formula is C11H15N3O3. The maximum atomic E-state index is 10.9. The fourth-order valence-corrected chi connectivity index (χ4v) is 1.94. The minimum Gasteiger partial charge on any atom is -0.477 e. The predicted octanol–water partition coefficient (Wildman–Crippen LogP) is 0.790. The van der Waals surface area contributed by atoms with E-state index in [0.717, 1.165) is 19.6 Å². The van der Waals surface area contributed by atoms with Crippen molar-refractivity contribution in [3.63, 3.8) is 0 Å². The number of nitrogens with zero attached hydrogens (tertiary/aromatic N) is 3. The number of rotatable bonds is 4. The molecule has 92 valence electrons. The van der Waals surface area contributed by atoms with Gasteiger partial charge < -0.3 is 14.7 Å². The van der Waals surface area contributed by atoms with Gasteiger partial charge in [0.15, 0.2) is 5.69 Å². The Morgan fingerprint density at radius 2 is 2.53 bits per heavy atom. The van der Waals surface area contributed by atoms with Gasteiger partial charge in [-0.05, 0) is 19.4 Å². The van der Waals surface area contributed by atoms with Crippen molar-refractivity contribution >= 4 is 11.9 Å². The molecule has 0 radical (unpaired) electrons. The minimum absolute atomic E-state index is 0.0207. The van der Waals surface area contributed by atoms with Gasteiger partial charge in [0.2, 0.25) is 5.95 Å². The van der Waals surface area contributed by atoms with E-state index in [1.54, 1.807) is 0 Å². The molecule has 1 aliphatic rings. The van der Waals surface area contributed by atoms with Crippen molar-refractivity contribution in [2.75, 3.05) is 24.7 Å². The van der Waals surface area contributed by atoms with Crippen LogP contribution in [0.5, 0.6) is 0 Å². The summed E-state index contributed by atoms with van der Waals surface area (Å²) in [7, 11) is 0. The minimum atomic E-state index is -1.03. The van der Waals surface area contributed by atoms with Crippen molar-refractivity contribution in [2.24, 2.45) is 0 Å². The molecule has 0 bridgehead atoms. The van der Waals surface area contributed by atoms with Gasteiger partial charge in [0.1, 0.15) is 0 Å². The Hall–Kier alpha value is -1.69. The SMILES string of the molecule is CCN(c1nccc(C(=O)O)n1)C1CCOC1. The summed E-state index contributed by atoms with van der Waals surface area (Å²) in [5.41, 5.74) is 0.0207. The van der Waals surface area contributed by atoms with E-state index in [2.05, 4.69) is 9.97 Å². The quantitative estimate of drug-likeness (QED) is 0.834. The van der Waals surface area contributed by atoms with Crippen LogP contribution in [0.25, 0.3) is 0 Å². The topological polar surface area (TPSA) is 75.6 Å². The third-order valence-corrected chi connectivity index (χ3v) is 2.81. The Kier molecular flexibility index (Phi) is 3.53. The summed E-state index contributed by atoms with van der Waals surface area (Å²) in [6.07, 6.45) is 2.40. The molecule has 17 heavy (non-hydrogen) atoms. The van der Waals surface area contributed by atoms with Gasteiger partial charge in [0.25, 0.3) is 0 Å². The van der Waals surface area contributed by atoms with Gasteiger partial charge in [0.05, 0.1) is 12.6 Å². The van der Waals surface area contributed by atoms with E-state index >= 15 is 0 Å². The van der Waals surface area contributed by atoms with Crippen molar-refractivity contribution in [2.45, 2.75) is 19.4 Å². The highest BCUT2D eigenvalue weighted by Gasteiger charge is 2.24. The molecule has 2 rings (SSSR count). The van der Waals surface area contributed by atoms with Crippen LogP contribution >= 0.6 is 0 Å². The molecule has 1 saturated heterocycles. The standard InChI is InChI=1S/C11H15N3O3/c1-2-14(8-4-6-17-7-8)11-12-5-3-9(13-11)10(15)16/h3,5,8H,2,4,6-7H2,1H3,(H,15,16). The molecule has 6 nitrogen and oxygen atoms in total. The van der Waals surface area contributed by atoms with Crippen molar-refractivity contribution in [1.29, 1.82) is 0 Å². The third kappa shape index (κ3) is 2.52. The fraction of sp³-hybridized carbons (Fsp3) is 0.545. The van der Waals surface area contributed by atoms with E-state index in [1.165, 1.54) is 12.3 Å². The molecule has 1 atom stereocenters. The van der Waals surface area contributed by atoms with Crippen LogP contribution in [0.2, 0.25) is 0 Å². The monoisotopic (exact) mass is 237 g/mol. The Balaban J connectivity index is 2.23. The van der Waals surface area contributed by atoms with Gasteiger partial charge >= 0.3 is 5.97 Å². The van der Waals surface area contributed by atoms with Crippen LogP contribution in [0.15, 0.2) is 12.3 Å². The lowest BCUT2D eigenvalue weighted by molar-refractivity contribution is 0.0690. The van der Waals surface area contributed by atoms with Gasteiger partial charge in [-0.15, -0.1) is 0 Å². The highest BCUT2D eigenvalue weighted by atomic mass is 16.5. The summed E-state index contributed by atoms with van der Waals surface area (Å²) >= 11 is 0. The highest BCUT2D eigenvalue weighted by molar-refractivity contribution is 5.85. The van der Waals surface area contributed by atoms with Crippen LogP contribution in [0.4, 0.5) is 5.95 Å². The molecule has 1 N–H and O–H groups in total. The molecule has 6 heteroatoms. The molecule has 1 aromatic heterocycles. The third-order valence-electron chi connectivity index (χ3n) is 2.81. The van der Waals surface area contributed by atoms with Crippen molar-refractivity contribution in [1.82, 2.24) is 9.97 Å². The maximum Gasteiger partial charge on any atom is 0.354 e. The number of aromatic nitrogens is 2. The summed E-state index contributed by atoms with van der Waals surface area (Å²) in [5, 5.41) is 8.90. The predicted molar refractivity (Wildman–Crippen MR) is 61.2 cm³/mol. The molecule has 0 aromatic carbocycles. The molecule has 2 heterocycles. The smallest absolute Gasteiger partial charge is 0.354 e. The fourth-order valence-electron chi connectivity index (χ4n) is 1.94. The Morgan fingerprint density at radius 3 is 3.12 bits per heavy atom. The first-order valence-corrected chi connectivity index (χ1v) is 5.63. The van der Waals surface area contributed by atoms with Gasteiger partial charge in [-0.2, -0.15) is 0 Å². The molecule has 1 unspecified atom stereocenters. The maximum absolute atomic E-state index is 10.9. The van der Waals surface area contributed by atoms with Gasteiger partial charge in [-0.25, -0.2) is 14.8 Å². The van der Waals surface area contributed by atoms with Crippen LogP contribution in [0, 0.1) is 0 Å². The highest BCUT2D eigenvalue weighted by Crippen LogP contribution is 2.17. The average molecular weight is 237 g/mol. The molecule has 0 saturated carbocycles. The Labute approximate surface area is 99.2 Å². The Morgan fingerprint density at radius 1 is 1.71 bits per heavy atom. The van der Waals surface area contributed by atoms with Gasteiger partial charge in [0, 0.05) is 19.3 Å². The number of anilines is 1. The molecule has 0 spiro atoms. The number of likely N-dealkylation sites (N-methyl/N-ethyl adjacent to an activating group) is 1. The van der Waals surface area contributed by atoms with E-state index in [9.17, 15) is 4.79 Å². The van der Waals surface area contributed by atoms with Crippen molar-refractivity contribution in [3.8, 4) is 0 Å². The Bertz CT molecular complexity index is 405. The van der Waals surface area contributed by atoms with Gasteiger partial charge in [-0.3, -0.25) is 0 Å². The van der Waals surface area contributed by atoms with Gasteiger partial charge in [-0.1, -0.05) is 0 Å². The normalized spacial score (nSPS) is 19.2. The second kappa shape index (κ2) is 5.09. The summed E-state index contributed by atoms with van der Waals surface area (Å²) in [6.45, 7) is 4.11. The van der Waals surface area contributed by atoms with Crippen molar-refractivity contribution < 1.29 is 14.6 Å². The molecule has 0 amide bonds. The number of carbonyl (C=O) groups is 1. The lowest BCUT2D eigenvalue weighted by Crippen LogP contribution is -2.37. The molecular weight excluding hydrogens is 222 g/mol. The lowest BCUT2D eigenvalue weighted by Gasteiger charge is -2.26. The number of hydrogen-bond donors (Lipinski definition) is 1. The van der Waals surface area contributed by atoms with Crippen LogP contribution in [0.1, 0.15) is 23.8 Å². The zero-order chi connectivity index (χ0) is 12.3. The first-order valence-electron chi connectivity index (χ1n) is 5.63. The largest absolute Gasteiger partial charge is 0.477 e. The van der Waals surface area contributed by atoms with Crippen LogP contribution in [-0.2, 0) is 4.74 Å². The zero-order valence-electron chi connectivity index (χ0n) is 9.67. The van der Waals surface area contributed by atoms with E-state index < -0.39 is 5.97 Å². The average Bonchev–Trinajstić information content (AvgIpc) is 2.84.